The first-order chi connectivity index (χ1) is 18.2. The predicted octanol–water partition coefficient (Wildman–Crippen LogP) is 10.0. The SMILES string of the molecule is Cc1c(-c2ccc3c(c2)C(C)(C)c2ccccc2-3)cc2c(c1C)N(c1ccccc1)C1(C)CCCCC21C. The number of benzene rings is 4. The number of rotatable bonds is 2. The van der Waals surface area contributed by atoms with E-state index in [0.29, 0.717) is 0 Å². The van der Waals surface area contributed by atoms with Gasteiger partial charge in [-0.25, -0.2) is 0 Å². The molecule has 192 valence electrons. The van der Waals surface area contributed by atoms with E-state index in [1.165, 1.54) is 81.6 Å². The highest BCUT2D eigenvalue weighted by atomic mass is 15.3. The number of anilines is 2. The van der Waals surface area contributed by atoms with Crippen molar-refractivity contribution in [3.63, 3.8) is 0 Å². The number of nitrogens with zero attached hydrogens (tertiary/aromatic N) is 1. The van der Waals surface area contributed by atoms with E-state index in [1.54, 1.807) is 5.56 Å². The molecule has 7 rings (SSSR count). The number of para-hydroxylation sites is 1. The smallest absolute Gasteiger partial charge is 0.0518 e. The molecule has 2 atom stereocenters. The molecule has 0 N–H and O–H groups in total. The Hall–Kier alpha value is -3.32. The lowest BCUT2D eigenvalue weighted by molar-refractivity contribution is 0.195. The van der Waals surface area contributed by atoms with Crippen molar-refractivity contribution in [1.82, 2.24) is 0 Å². The maximum absolute atomic E-state index is 2.72. The Morgan fingerprint density at radius 3 is 2.08 bits per heavy atom. The summed E-state index contributed by atoms with van der Waals surface area (Å²) in [6.07, 6.45) is 5.08. The Morgan fingerprint density at radius 2 is 1.29 bits per heavy atom. The average Bonchev–Trinajstić information content (AvgIpc) is 3.28. The summed E-state index contributed by atoms with van der Waals surface area (Å²) in [7, 11) is 0. The topological polar surface area (TPSA) is 3.24 Å². The van der Waals surface area contributed by atoms with Gasteiger partial charge in [0.05, 0.1) is 5.54 Å². The Bertz CT molecular complexity index is 1590. The molecule has 38 heavy (non-hydrogen) atoms. The first-order valence-electron chi connectivity index (χ1n) is 14.4. The van der Waals surface area contributed by atoms with Crippen LogP contribution in [-0.4, -0.2) is 5.54 Å². The minimum Gasteiger partial charge on any atom is -0.334 e. The van der Waals surface area contributed by atoms with Gasteiger partial charge in [0.25, 0.3) is 0 Å². The van der Waals surface area contributed by atoms with Gasteiger partial charge in [-0.15, -0.1) is 0 Å². The number of hydrogen-bond acceptors (Lipinski definition) is 1. The minimum absolute atomic E-state index is 0.0135. The summed E-state index contributed by atoms with van der Waals surface area (Å²) in [4.78, 5) is 2.72. The monoisotopic (exact) mass is 497 g/mol. The van der Waals surface area contributed by atoms with Gasteiger partial charge in [0, 0.05) is 22.2 Å². The van der Waals surface area contributed by atoms with Gasteiger partial charge < -0.3 is 4.90 Å². The average molecular weight is 498 g/mol. The van der Waals surface area contributed by atoms with Gasteiger partial charge in [0.1, 0.15) is 0 Å². The normalized spacial score (nSPS) is 24.5. The van der Waals surface area contributed by atoms with E-state index in [0.717, 1.165) is 0 Å². The summed E-state index contributed by atoms with van der Waals surface area (Å²) in [6.45, 7) is 14.6. The van der Waals surface area contributed by atoms with E-state index in [1.807, 2.05) is 0 Å². The first-order valence-corrected chi connectivity index (χ1v) is 14.4. The van der Waals surface area contributed by atoms with E-state index < -0.39 is 0 Å². The first kappa shape index (κ1) is 23.8. The van der Waals surface area contributed by atoms with Gasteiger partial charge in [-0.2, -0.15) is 0 Å². The van der Waals surface area contributed by atoms with Gasteiger partial charge in [-0.3, -0.25) is 0 Å². The van der Waals surface area contributed by atoms with E-state index in [-0.39, 0.29) is 16.4 Å². The standard InChI is InChI=1S/C37H39N/c1-24-25(2)34-33(36(5)20-12-13-21-37(36,6)38(34)27-14-8-7-9-15-27)23-30(24)26-18-19-29-28-16-10-11-17-31(28)35(3,4)32(29)22-26/h7-11,14-19,22-23H,12-13,20-21H2,1-6H3. The molecule has 0 radical (unpaired) electrons. The van der Waals surface area contributed by atoms with Crippen molar-refractivity contribution in [3.8, 4) is 22.3 Å². The lowest BCUT2D eigenvalue weighted by Gasteiger charge is -2.50. The number of fused-ring (bicyclic) bond motifs is 6. The van der Waals surface area contributed by atoms with Crippen LogP contribution in [0.25, 0.3) is 22.3 Å². The fourth-order valence-electron chi connectivity index (χ4n) is 8.30. The van der Waals surface area contributed by atoms with Crippen LogP contribution in [0.1, 0.15) is 81.2 Å². The van der Waals surface area contributed by atoms with Crippen molar-refractivity contribution >= 4 is 11.4 Å². The van der Waals surface area contributed by atoms with Crippen molar-refractivity contribution in [2.75, 3.05) is 4.90 Å². The highest BCUT2D eigenvalue weighted by Gasteiger charge is 2.58. The van der Waals surface area contributed by atoms with Crippen molar-refractivity contribution < 1.29 is 0 Å². The molecule has 1 heteroatoms. The third-order valence-corrected chi connectivity index (χ3v) is 10.9. The molecule has 3 aliphatic rings. The van der Waals surface area contributed by atoms with Gasteiger partial charge in [-0.05, 0) is 108 Å². The van der Waals surface area contributed by atoms with E-state index >= 15 is 0 Å². The largest absolute Gasteiger partial charge is 0.334 e. The molecule has 1 saturated carbocycles. The zero-order valence-corrected chi connectivity index (χ0v) is 23.8. The van der Waals surface area contributed by atoms with Crippen molar-refractivity contribution in [1.29, 1.82) is 0 Å². The third kappa shape index (κ3) is 2.88. The molecule has 0 amide bonds. The summed E-state index contributed by atoms with van der Waals surface area (Å²) in [6, 6.07) is 29.9. The molecule has 1 heterocycles. The van der Waals surface area contributed by atoms with Crippen molar-refractivity contribution in [3.05, 3.63) is 107 Å². The zero-order valence-electron chi connectivity index (χ0n) is 23.8. The molecule has 2 unspecified atom stereocenters. The highest BCUT2D eigenvalue weighted by molar-refractivity contribution is 5.88. The van der Waals surface area contributed by atoms with Gasteiger partial charge in [0.2, 0.25) is 0 Å². The second-order valence-corrected chi connectivity index (χ2v) is 13.0. The zero-order chi connectivity index (χ0) is 26.4. The van der Waals surface area contributed by atoms with E-state index in [9.17, 15) is 0 Å². The summed E-state index contributed by atoms with van der Waals surface area (Å²) in [5, 5.41) is 0. The van der Waals surface area contributed by atoms with Crippen LogP contribution in [0.15, 0.2) is 78.9 Å². The molecule has 1 fully saturated rings. The van der Waals surface area contributed by atoms with E-state index in [2.05, 4.69) is 125 Å². The van der Waals surface area contributed by atoms with Crippen LogP contribution in [0.5, 0.6) is 0 Å². The van der Waals surface area contributed by atoms with Crippen LogP contribution in [0, 0.1) is 13.8 Å². The molecule has 1 nitrogen and oxygen atoms in total. The van der Waals surface area contributed by atoms with Gasteiger partial charge in [-0.1, -0.05) is 88.2 Å². The summed E-state index contributed by atoms with van der Waals surface area (Å²) < 4.78 is 0. The predicted molar refractivity (Wildman–Crippen MR) is 162 cm³/mol. The molecule has 0 saturated heterocycles. The maximum Gasteiger partial charge on any atom is 0.0518 e. The van der Waals surface area contributed by atoms with Crippen LogP contribution in [0.4, 0.5) is 11.4 Å². The molecule has 1 aliphatic heterocycles. The fourth-order valence-corrected chi connectivity index (χ4v) is 8.30. The fraction of sp³-hybridized carbons (Fsp3) is 0.351. The van der Waals surface area contributed by atoms with Gasteiger partial charge >= 0.3 is 0 Å². The van der Waals surface area contributed by atoms with Gasteiger partial charge in [0.15, 0.2) is 0 Å². The lowest BCUT2D eigenvalue weighted by atomic mass is 9.61. The quantitative estimate of drug-likeness (QED) is 0.266. The van der Waals surface area contributed by atoms with Crippen LogP contribution in [0.2, 0.25) is 0 Å². The number of hydrogen-bond donors (Lipinski definition) is 0. The Balaban J connectivity index is 1.45. The maximum atomic E-state index is 2.72. The van der Waals surface area contributed by atoms with Crippen LogP contribution >= 0.6 is 0 Å². The molecule has 4 aromatic carbocycles. The molecular weight excluding hydrogens is 458 g/mol. The molecule has 0 bridgehead atoms. The molecule has 4 aromatic rings. The van der Waals surface area contributed by atoms with Crippen LogP contribution in [-0.2, 0) is 10.8 Å². The summed E-state index contributed by atoms with van der Waals surface area (Å²) in [5.74, 6) is 0. The Morgan fingerprint density at radius 1 is 0.605 bits per heavy atom. The van der Waals surface area contributed by atoms with Crippen molar-refractivity contribution in [2.24, 2.45) is 0 Å². The highest BCUT2D eigenvalue weighted by Crippen LogP contribution is 2.62. The van der Waals surface area contributed by atoms with Crippen LogP contribution < -0.4 is 4.90 Å². The van der Waals surface area contributed by atoms with Crippen LogP contribution in [0.3, 0.4) is 0 Å². The van der Waals surface area contributed by atoms with E-state index in [4.69, 9.17) is 0 Å². The summed E-state index contributed by atoms with van der Waals surface area (Å²) >= 11 is 0. The Kier molecular flexibility index (Phi) is 4.91. The second-order valence-electron chi connectivity index (χ2n) is 13.0. The Labute approximate surface area is 228 Å². The lowest BCUT2D eigenvalue weighted by Crippen LogP contribution is -2.54. The molecule has 0 aromatic heterocycles. The third-order valence-electron chi connectivity index (χ3n) is 10.9. The second kappa shape index (κ2) is 7.85. The molecule has 0 spiro atoms. The minimum atomic E-state index is 0.0135. The molecular formula is C37H39N. The van der Waals surface area contributed by atoms with Crippen molar-refractivity contribution in [2.45, 2.75) is 83.6 Å². The summed E-state index contributed by atoms with van der Waals surface area (Å²) in [5.41, 5.74) is 15.8. The molecule has 2 aliphatic carbocycles.